The van der Waals surface area contributed by atoms with Gasteiger partial charge in [-0.05, 0) is 25.7 Å². The highest BCUT2D eigenvalue weighted by atomic mass is 16.2. The Balaban J connectivity index is 2.16. The summed E-state index contributed by atoms with van der Waals surface area (Å²) in [7, 11) is 0. The van der Waals surface area contributed by atoms with Gasteiger partial charge in [0.05, 0.1) is 0 Å². The Morgan fingerprint density at radius 2 is 1.41 bits per heavy atom. The molecule has 17 heavy (non-hydrogen) atoms. The van der Waals surface area contributed by atoms with Gasteiger partial charge < -0.3 is 0 Å². The van der Waals surface area contributed by atoms with E-state index in [9.17, 15) is 9.59 Å². The summed E-state index contributed by atoms with van der Waals surface area (Å²) in [6.45, 7) is 4.03. The Morgan fingerprint density at radius 3 is 1.82 bits per heavy atom. The lowest BCUT2D eigenvalue weighted by molar-refractivity contribution is -0.143. The molecule has 0 N–H and O–H groups in total. The van der Waals surface area contributed by atoms with Gasteiger partial charge in [0.1, 0.15) is 0 Å². The Morgan fingerprint density at radius 1 is 0.941 bits per heavy atom. The van der Waals surface area contributed by atoms with E-state index in [0.717, 1.165) is 38.5 Å². The molecule has 2 atom stereocenters. The van der Waals surface area contributed by atoms with Crippen molar-refractivity contribution in [1.82, 2.24) is 4.90 Å². The highest BCUT2D eigenvalue weighted by Crippen LogP contribution is 2.35. The van der Waals surface area contributed by atoms with Crippen molar-refractivity contribution in [1.29, 1.82) is 0 Å². The number of imide groups is 1. The Hall–Kier alpha value is -0.860. The molecule has 1 saturated heterocycles. The van der Waals surface area contributed by atoms with Crippen LogP contribution in [0.1, 0.15) is 58.8 Å². The van der Waals surface area contributed by atoms with Gasteiger partial charge in [-0.2, -0.15) is 0 Å². The van der Waals surface area contributed by atoms with Crippen LogP contribution in [0.4, 0.5) is 0 Å². The van der Waals surface area contributed by atoms with Gasteiger partial charge in [0.15, 0.2) is 0 Å². The summed E-state index contributed by atoms with van der Waals surface area (Å²) in [5.41, 5.74) is 0. The Kier molecular flexibility index (Phi) is 3.85. The van der Waals surface area contributed by atoms with Gasteiger partial charge in [-0.1, -0.05) is 33.1 Å². The number of amides is 2. The molecule has 0 bridgehead atoms. The fourth-order valence-corrected chi connectivity index (χ4v) is 3.43. The van der Waals surface area contributed by atoms with Crippen molar-refractivity contribution in [2.45, 2.75) is 64.8 Å². The molecular formula is C14H23NO2. The van der Waals surface area contributed by atoms with Crippen molar-refractivity contribution in [2.24, 2.45) is 11.8 Å². The molecule has 2 fully saturated rings. The second-order valence-corrected chi connectivity index (χ2v) is 5.37. The predicted molar refractivity (Wildman–Crippen MR) is 66.3 cm³/mol. The number of hydrogen-bond acceptors (Lipinski definition) is 2. The van der Waals surface area contributed by atoms with Crippen molar-refractivity contribution >= 4 is 11.8 Å². The van der Waals surface area contributed by atoms with E-state index in [0.29, 0.717) is 0 Å². The molecule has 1 aliphatic heterocycles. The van der Waals surface area contributed by atoms with E-state index >= 15 is 0 Å². The number of hydrogen-bond donors (Lipinski definition) is 0. The third kappa shape index (κ3) is 2.12. The van der Waals surface area contributed by atoms with E-state index in [1.807, 2.05) is 13.8 Å². The first kappa shape index (κ1) is 12.6. The first-order valence-corrected chi connectivity index (χ1v) is 7.07. The van der Waals surface area contributed by atoms with E-state index in [1.165, 1.54) is 6.42 Å². The monoisotopic (exact) mass is 237 g/mol. The van der Waals surface area contributed by atoms with Gasteiger partial charge in [0.25, 0.3) is 0 Å². The molecule has 3 heteroatoms. The molecular weight excluding hydrogens is 214 g/mol. The van der Waals surface area contributed by atoms with Crippen LogP contribution in [0.5, 0.6) is 0 Å². The van der Waals surface area contributed by atoms with Crippen LogP contribution in [0.3, 0.4) is 0 Å². The van der Waals surface area contributed by atoms with E-state index in [4.69, 9.17) is 0 Å². The lowest BCUT2D eigenvalue weighted by Crippen LogP contribution is -2.41. The third-order valence-corrected chi connectivity index (χ3v) is 4.41. The average molecular weight is 237 g/mol. The van der Waals surface area contributed by atoms with Crippen LogP contribution >= 0.6 is 0 Å². The molecule has 0 aromatic rings. The summed E-state index contributed by atoms with van der Waals surface area (Å²) in [6, 6.07) is 0.203. The number of carbonyl (C=O) groups is 2. The average Bonchev–Trinajstić information content (AvgIpc) is 2.60. The molecule has 0 radical (unpaired) electrons. The summed E-state index contributed by atoms with van der Waals surface area (Å²) >= 11 is 0. The minimum Gasteiger partial charge on any atom is -0.279 e. The van der Waals surface area contributed by atoms with Crippen LogP contribution in [-0.2, 0) is 9.59 Å². The number of carbonyl (C=O) groups excluding carboxylic acids is 2. The second-order valence-electron chi connectivity index (χ2n) is 5.37. The summed E-state index contributed by atoms with van der Waals surface area (Å²) < 4.78 is 0. The van der Waals surface area contributed by atoms with E-state index in [2.05, 4.69) is 0 Å². The first-order chi connectivity index (χ1) is 8.20. The predicted octanol–water partition coefficient (Wildman–Crippen LogP) is 2.74. The minimum absolute atomic E-state index is 0.0468. The number of rotatable bonds is 3. The number of likely N-dealkylation sites (tertiary alicyclic amines) is 1. The molecule has 0 aromatic carbocycles. The zero-order chi connectivity index (χ0) is 12.4. The Bertz CT molecular complexity index is 285. The SMILES string of the molecule is CCC1C(=O)N(C2CCCCC2)C(=O)C1CC. The van der Waals surface area contributed by atoms with Gasteiger partial charge >= 0.3 is 0 Å². The maximum atomic E-state index is 12.3. The van der Waals surface area contributed by atoms with Crippen molar-refractivity contribution < 1.29 is 9.59 Å². The maximum absolute atomic E-state index is 12.3. The molecule has 0 spiro atoms. The molecule has 2 rings (SSSR count). The van der Waals surface area contributed by atoms with Crippen molar-refractivity contribution in [3.63, 3.8) is 0 Å². The molecule has 3 nitrogen and oxygen atoms in total. The minimum atomic E-state index is -0.0468. The van der Waals surface area contributed by atoms with Crippen LogP contribution in [0.15, 0.2) is 0 Å². The van der Waals surface area contributed by atoms with Gasteiger partial charge in [0.2, 0.25) is 11.8 Å². The second kappa shape index (κ2) is 5.19. The topological polar surface area (TPSA) is 37.4 Å². The summed E-state index contributed by atoms with van der Waals surface area (Å²) in [5, 5.41) is 0. The number of nitrogens with zero attached hydrogens (tertiary/aromatic N) is 1. The van der Waals surface area contributed by atoms with Crippen molar-refractivity contribution in [3.05, 3.63) is 0 Å². The fourth-order valence-electron chi connectivity index (χ4n) is 3.43. The molecule has 2 amide bonds. The largest absolute Gasteiger partial charge is 0.279 e. The smallest absolute Gasteiger partial charge is 0.233 e. The van der Waals surface area contributed by atoms with E-state index in [1.54, 1.807) is 4.90 Å². The molecule has 2 aliphatic rings. The van der Waals surface area contributed by atoms with Gasteiger partial charge in [-0.25, -0.2) is 0 Å². The normalized spacial score (nSPS) is 31.3. The van der Waals surface area contributed by atoms with E-state index < -0.39 is 0 Å². The van der Waals surface area contributed by atoms with Crippen molar-refractivity contribution in [2.75, 3.05) is 0 Å². The van der Waals surface area contributed by atoms with Crippen LogP contribution in [-0.4, -0.2) is 22.8 Å². The molecule has 1 saturated carbocycles. The van der Waals surface area contributed by atoms with Crippen LogP contribution in [0.2, 0.25) is 0 Å². The molecule has 1 aliphatic carbocycles. The zero-order valence-electron chi connectivity index (χ0n) is 10.9. The van der Waals surface area contributed by atoms with Gasteiger partial charge in [-0.15, -0.1) is 0 Å². The standard InChI is InChI=1S/C14H23NO2/c1-3-11-12(4-2)14(17)15(13(11)16)10-8-6-5-7-9-10/h10-12H,3-9H2,1-2H3. The fraction of sp³-hybridized carbons (Fsp3) is 0.857. The highest BCUT2D eigenvalue weighted by molar-refractivity contribution is 6.05. The quantitative estimate of drug-likeness (QED) is 0.708. The van der Waals surface area contributed by atoms with E-state index in [-0.39, 0.29) is 29.7 Å². The molecule has 2 unspecified atom stereocenters. The van der Waals surface area contributed by atoms with Crippen LogP contribution < -0.4 is 0 Å². The first-order valence-electron chi connectivity index (χ1n) is 7.07. The molecule has 96 valence electrons. The highest BCUT2D eigenvalue weighted by Gasteiger charge is 2.47. The zero-order valence-corrected chi connectivity index (χ0v) is 10.9. The lowest BCUT2D eigenvalue weighted by atomic mass is 9.91. The summed E-state index contributed by atoms with van der Waals surface area (Å²) in [5.74, 6) is 0.122. The van der Waals surface area contributed by atoms with Crippen molar-refractivity contribution in [3.8, 4) is 0 Å². The Labute approximate surface area is 104 Å². The third-order valence-electron chi connectivity index (χ3n) is 4.41. The summed E-state index contributed by atoms with van der Waals surface area (Å²) in [6.07, 6.45) is 7.21. The molecule has 1 heterocycles. The maximum Gasteiger partial charge on any atom is 0.233 e. The van der Waals surface area contributed by atoms with Crippen LogP contribution in [0.25, 0.3) is 0 Å². The van der Waals surface area contributed by atoms with Gasteiger partial charge in [0, 0.05) is 17.9 Å². The lowest BCUT2D eigenvalue weighted by Gasteiger charge is -2.29. The summed E-state index contributed by atoms with van der Waals surface area (Å²) in [4.78, 5) is 26.3. The molecule has 0 aromatic heterocycles. The van der Waals surface area contributed by atoms with Crippen LogP contribution in [0, 0.1) is 11.8 Å². The van der Waals surface area contributed by atoms with Gasteiger partial charge in [-0.3, -0.25) is 14.5 Å².